The monoisotopic (exact) mass is 364 g/mol. The smallest absolute Gasteiger partial charge is 0.356 e. The van der Waals surface area contributed by atoms with Crippen molar-refractivity contribution in [2.75, 3.05) is 20.7 Å². The van der Waals surface area contributed by atoms with Crippen molar-refractivity contribution in [2.45, 2.75) is 12.5 Å². The van der Waals surface area contributed by atoms with Crippen molar-refractivity contribution in [3.63, 3.8) is 0 Å². The quantitative estimate of drug-likeness (QED) is 0.648. The standard InChI is InChI=1S/C21H20N2O4/c1-14-13-23(2)20(25)21(14,26)11-10-15-6-4-7-16(12-15)17-8-5-9-18(22-17)19(24)27-3/h4-9,12,14,26H,13H2,1-3H3. The second-order valence-electron chi connectivity index (χ2n) is 6.58. The van der Waals surface area contributed by atoms with E-state index in [9.17, 15) is 14.7 Å². The Hall–Kier alpha value is -3.17. The maximum atomic E-state index is 12.2. The molecule has 3 rings (SSSR count). The summed E-state index contributed by atoms with van der Waals surface area (Å²) in [5.41, 5.74) is 0.552. The van der Waals surface area contributed by atoms with Crippen molar-refractivity contribution in [3.05, 3.63) is 53.7 Å². The van der Waals surface area contributed by atoms with Gasteiger partial charge in [-0.2, -0.15) is 0 Å². The molecule has 1 aromatic carbocycles. The van der Waals surface area contributed by atoms with E-state index in [4.69, 9.17) is 4.74 Å². The number of likely N-dealkylation sites (N-methyl/N-ethyl adjacent to an activating group) is 1. The predicted molar refractivity (Wildman–Crippen MR) is 99.6 cm³/mol. The van der Waals surface area contributed by atoms with Crippen LogP contribution >= 0.6 is 0 Å². The Labute approximate surface area is 157 Å². The zero-order valence-corrected chi connectivity index (χ0v) is 15.4. The third-order valence-electron chi connectivity index (χ3n) is 4.63. The Balaban J connectivity index is 1.92. The van der Waals surface area contributed by atoms with Crippen molar-refractivity contribution in [1.29, 1.82) is 0 Å². The molecule has 27 heavy (non-hydrogen) atoms. The van der Waals surface area contributed by atoms with Crippen LogP contribution < -0.4 is 0 Å². The van der Waals surface area contributed by atoms with E-state index in [1.165, 1.54) is 12.0 Å². The summed E-state index contributed by atoms with van der Waals surface area (Å²) in [4.78, 5) is 29.7. The number of aromatic nitrogens is 1. The van der Waals surface area contributed by atoms with Crippen LogP contribution in [0.1, 0.15) is 23.0 Å². The number of amides is 1. The normalized spacial score (nSPS) is 21.6. The molecule has 1 N–H and O–H groups in total. The predicted octanol–water partition coefficient (Wildman–Crippen LogP) is 1.73. The molecule has 138 valence electrons. The molecular formula is C21H20N2O4. The highest BCUT2D eigenvalue weighted by Gasteiger charge is 2.48. The number of hydrogen-bond acceptors (Lipinski definition) is 5. The van der Waals surface area contributed by atoms with Gasteiger partial charge in [-0.05, 0) is 24.3 Å². The molecule has 2 unspecified atom stereocenters. The molecular weight excluding hydrogens is 344 g/mol. The molecule has 2 atom stereocenters. The van der Waals surface area contributed by atoms with Crippen LogP contribution in [0, 0.1) is 17.8 Å². The summed E-state index contributed by atoms with van der Waals surface area (Å²) in [6.07, 6.45) is 0. The lowest BCUT2D eigenvalue weighted by atomic mass is 9.92. The SMILES string of the molecule is COC(=O)c1cccc(-c2cccc(C#CC3(O)C(=O)N(C)CC3C)c2)n1. The minimum atomic E-state index is -1.67. The number of pyridine rings is 1. The molecule has 1 aliphatic rings. The van der Waals surface area contributed by atoms with Gasteiger partial charge in [0.05, 0.1) is 12.8 Å². The summed E-state index contributed by atoms with van der Waals surface area (Å²) in [6, 6.07) is 12.3. The van der Waals surface area contributed by atoms with Crippen LogP contribution in [0.3, 0.4) is 0 Å². The Morgan fingerprint density at radius 3 is 2.74 bits per heavy atom. The first-order valence-corrected chi connectivity index (χ1v) is 8.52. The summed E-state index contributed by atoms with van der Waals surface area (Å²) < 4.78 is 4.70. The van der Waals surface area contributed by atoms with E-state index in [0.29, 0.717) is 17.8 Å². The van der Waals surface area contributed by atoms with E-state index in [-0.39, 0.29) is 17.5 Å². The molecule has 0 radical (unpaired) electrons. The molecule has 6 nitrogen and oxygen atoms in total. The first-order chi connectivity index (χ1) is 12.8. The number of carbonyl (C=O) groups is 2. The van der Waals surface area contributed by atoms with Gasteiger partial charge in [0.1, 0.15) is 5.69 Å². The average molecular weight is 364 g/mol. The van der Waals surface area contributed by atoms with Crippen LogP contribution in [0.4, 0.5) is 0 Å². The Morgan fingerprint density at radius 1 is 1.33 bits per heavy atom. The molecule has 2 aromatic rings. The summed E-state index contributed by atoms with van der Waals surface area (Å²) >= 11 is 0. The molecule has 2 heterocycles. The van der Waals surface area contributed by atoms with E-state index in [0.717, 1.165) is 5.56 Å². The minimum absolute atomic E-state index is 0.217. The highest BCUT2D eigenvalue weighted by atomic mass is 16.5. The van der Waals surface area contributed by atoms with Crippen LogP contribution in [0.5, 0.6) is 0 Å². The molecule has 1 fully saturated rings. The van der Waals surface area contributed by atoms with Gasteiger partial charge in [0.25, 0.3) is 5.91 Å². The highest BCUT2D eigenvalue weighted by Crippen LogP contribution is 2.27. The van der Waals surface area contributed by atoms with E-state index in [1.807, 2.05) is 12.1 Å². The number of ether oxygens (including phenoxy) is 1. The zero-order chi connectivity index (χ0) is 19.6. The lowest BCUT2D eigenvalue weighted by Crippen LogP contribution is -2.40. The number of rotatable bonds is 2. The summed E-state index contributed by atoms with van der Waals surface area (Å²) in [5, 5.41) is 10.6. The molecule has 0 aliphatic carbocycles. The molecule has 1 aliphatic heterocycles. The van der Waals surface area contributed by atoms with Crippen LogP contribution in [0.25, 0.3) is 11.3 Å². The van der Waals surface area contributed by atoms with E-state index < -0.39 is 11.6 Å². The van der Waals surface area contributed by atoms with Crippen molar-refractivity contribution >= 4 is 11.9 Å². The zero-order valence-electron chi connectivity index (χ0n) is 15.4. The largest absolute Gasteiger partial charge is 0.464 e. The minimum Gasteiger partial charge on any atom is -0.464 e. The van der Waals surface area contributed by atoms with Gasteiger partial charge in [0.2, 0.25) is 5.60 Å². The van der Waals surface area contributed by atoms with Crippen molar-refractivity contribution in [1.82, 2.24) is 9.88 Å². The second kappa shape index (κ2) is 7.22. The maximum Gasteiger partial charge on any atom is 0.356 e. The van der Waals surface area contributed by atoms with Crippen LogP contribution in [-0.2, 0) is 9.53 Å². The number of aliphatic hydroxyl groups is 1. The van der Waals surface area contributed by atoms with Gasteiger partial charge in [0.15, 0.2) is 0 Å². The fraction of sp³-hybridized carbons (Fsp3) is 0.286. The summed E-state index contributed by atoms with van der Waals surface area (Å²) in [6.45, 7) is 2.27. The molecule has 1 amide bonds. The highest BCUT2D eigenvalue weighted by molar-refractivity contribution is 5.91. The van der Waals surface area contributed by atoms with Crippen LogP contribution in [-0.4, -0.2) is 53.2 Å². The average Bonchev–Trinajstić information content (AvgIpc) is 2.89. The third-order valence-corrected chi connectivity index (χ3v) is 4.63. The molecule has 1 saturated heterocycles. The van der Waals surface area contributed by atoms with E-state index in [2.05, 4.69) is 16.8 Å². The van der Waals surface area contributed by atoms with Crippen LogP contribution in [0.15, 0.2) is 42.5 Å². The number of carbonyl (C=O) groups excluding carboxylic acids is 2. The number of esters is 1. The number of methoxy groups -OCH3 is 1. The van der Waals surface area contributed by atoms with Gasteiger partial charge < -0.3 is 14.7 Å². The van der Waals surface area contributed by atoms with Crippen molar-refractivity contribution < 1.29 is 19.4 Å². The molecule has 0 bridgehead atoms. The maximum absolute atomic E-state index is 12.2. The molecule has 0 spiro atoms. The van der Waals surface area contributed by atoms with E-state index in [1.54, 1.807) is 44.3 Å². The van der Waals surface area contributed by atoms with Crippen LogP contribution in [0.2, 0.25) is 0 Å². The molecule has 6 heteroatoms. The Kier molecular flexibility index (Phi) is 4.98. The first kappa shape index (κ1) is 18.6. The number of nitrogens with zero attached hydrogens (tertiary/aromatic N) is 2. The van der Waals surface area contributed by atoms with Gasteiger partial charge in [-0.1, -0.05) is 37.0 Å². The topological polar surface area (TPSA) is 79.7 Å². The first-order valence-electron chi connectivity index (χ1n) is 8.52. The number of benzene rings is 1. The third kappa shape index (κ3) is 3.55. The van der Waals surface area contributed by atoms with Gasteiger partial charge in [-0.3, -0.25) is 4.79 Å². The lowest BCUT2D eigenvalue weighted by molar-refractivity contribution is -0.138. The Bertz CT molecular complexity index is 960. The second-order valence-corrected chi connectivity index (χ2v) is 6.58. The van der Waals surface area contributed by atoms with Gasteiger partial charge in [-0.15, -0.1) is 0 Å². The number of hydrogen-bond donors (Lipinski definition) is 1. The molecule has 0 saturated carbocycles. The van der Waals surface area contributed by atoms with Crippen molar-refractivity contribution in [3.8, 4) is 23.1 Å². The van der Waals surface area contributed by atoms with Gasteiger partial charge >= 0.3 is 5.97 Å². The number of likely N-dealkylation sites (tertiary alicyclic amines) is 1. The fourth-order valence-electron chi connectivity index (χ4n) is 3.04. The molecule has 1 aromatic heterocycles. The van der Waals surface area contributed by atoms with E-state index >= 15 is 0 Å². The Morgan fingerprint density at radius 2 is 2.07 bits per heavy atom. The fourth-order valence-corrected chi connectivity index (χ4v) is 3.04. The summed E-state index contributed by atoms with van der Waals surface area (Å²) in [7, 11) is 2.96. The van der Waals surface area contributed by atoms with Gasteiger partial charge in [-0.25, -0.2) is 9.78 Å². The lowest BCUT2D eigenvalue weighted by Gasteiger charge is -2.17. The van der Waals surface area contributed by atoms with Gasteiger partial charge in [0, 0.05) is 30.6 Å². The van der Waals surface area contributed by atoms with Crippen molar-refractivity contribution in [2.24, 2.45) is 5.92 Å². The summed E-state index contributed by atoms with van der Waals surface area (Å²) in [5.74, 6) is 4.48.